The summed E-state index contributed by atoms with van der Waals surface area (Å²) in [5.41, 5.74) is 1.88. The zero-order chi connectivity index (χ0) is 14.5. The third-order valence-corrected chi connectivity index (χ3v) is 3.58. The van der Waals surface area contributed by atoms with E-state index >= 15 is 0 Å². The van der Waals surface area contributed by atoms with Crippen molar-refractivity contribution in [3.63, 3.8) is 0 Å². The summed E-state index contributed by atoms with van der Waals surface area (Å²) in [6.07, 6.45) is 2.26. The molecular weight excluding hydrogens is 251 g/mol. The van der Waals surface area contributed by atoms with Gasteiger partial charge in [-0.3, -0.25) is 4.79 Å². The molecule has 0 amide bonds. The summed E-state index contributed by atoms with van der Waals surface area (Å²) in [7, 11) is 0. The van der Waals surface area contributed by atoms with E-state index in [-0.39, 0.29) is 11.3 Å². The largest absolute Gasteiger partial charge is 0.288 e. The lowest BCUT2D eigenvalue weighted by Gasteiger charge is -2.11. The Labute approximate surface area is 119 Å². The van der Waals surface area contributed by atoms with Gasteiger partial charge in [0.05, 0.1) is 5.56 Å². The molecule has 0 N–H and O–H groups in total. The molecule has 1 nitrogen and oxygen atoms in total. The minimum absolute atomic E-state index is 0.127. The van der Waals surface area contributed by atoms with Crippen molar-refractivity contribution in [1.29, 1.82) is 0 Å². The number of hydrogen-bond donors (Lipinski definition) is 0. The Morgan fingerprint density at radius 2 is 1.75 bits per heavy atom. The van der Waals surface area contributed by atoms with E-state index in [0.717, 1.165) is 12.8 Å². The zero-order valence-electron chi connectivity index (χ0n) is 11.9. The lowest BCUT2D eigenvalue weighted by Crippen LogP contribution is -2.04. The number of rotatable bonds is 5. The average molecular weight is 270 g/mol. The number of halogens is 1. The number of carbonyl (C=O) groups is 1. The van der Waals surface area contributed by atoms with Crippen LogP contribution in [0.15, 0.2) is 48.5 Å². The van der Waals surface area contributed by atoms with Gasteiger partial charge in [-0.25, -0.2) is 4.39 Å². The second-order valence-corrected chi connectivity index (χ2v) is 5.12. The molecule has 2 rings (SSSR count). The van der Waals surface area contributed by atoms with Gasteiger partial charge >= 0.3 is 0 Å². The van der Waals surface area contributed by atoms with Gasteiger partial charge in [0, 0.05) is 5.56 Å². The minimum Gasteiger partial charge on any atom is -0.288 e. The van der Waals surface area contributed by atoms with Crippen molar-refractivity contribution >= 4 is 5.78 Å². The van der Waals surface area contributed by atoms with Gasteiger partial charge in [-0.05, 0) is 30.0 Å². The van der Waals surface area contributed by atoms with Gasteiger partial charge in [-0.1, -0.05) is 56.7 Å². The first-order chi connectivity index (χ1) is 9.63. The number of hydrogen-bond acceptors (Lipinski definition) is 1. The Hall–Kier alpha value is -1.96. The van der Waals surface area contributed by atoms with Crippen molar-refractivity contribution in [2.75, 3.05) is 0 Å². The second-order valence-electron chi connectivity index (χ2n) is 5.12. The van der Waals surface area contributed by atoms with Gasteiger partial charge in [0.2, 0.25) is 0 Å². The summed E-state index contributed by atoms with van der Waals surface area (Å²) in [6, 6.07) is 13.6. The maximum Gasteiger partial charge on any atom is 0.195 e. The summed E-state index contributed by atoms with van der Waals surface area (Å²) < 4.78 is 13.6. The molecule has 2 heteroatoms. The van der Waals surface area contributed by atoms with Gasteiger partial charge < -0.3 is 0 Å². The number of benzene rings is 2. The third kappa shape index (κ3) is 3.13. The fourth-order valence-electron chi connectivity index (χ4n) is 2.36. The molecule has 104 valence electrons. The number of carbonyl (C=O) groups excluding carboxylic acids is 1. The van der Waals surface area contributed by atoms with Gasteiger partial charge in [0.15, 0.2) is 5.78 Å². The molecule has 0 fully saturated rings. The monoisotopic (exact) mass is 270 g/mol. The third-order valence-electron chi connectivity index (χ3n) is 3.58. The summed E-state index contributed by atoms with van der Waals surface area (Å²) in [4.78, 5) is 12.2. The Bertz CT molecular complexity index is 587. The average Bonchev–Trinajstić information content (AvgIpc) is 2.47. The predicted molar refractivity (Wildman–Crippen MR) is 79.6 cm³/mol. The van der Waals surface area contributed by atoms with Crippen molar-refractivity contribution in [1.82, 2.24) is 0 Å². The van der Waals surface area contributed by atoms with Crippen LogP contribution in [0.5, 0.6) is 0 Å². The van der Waals surface area contributed by atoms with E-state index in [9.17, 15) is 9.18 Å². The van der Waals surface area contributed by atoms with E-state index in [1.165, 1.54) is 17.7 Å². The Kier molecular flexibility index (Phi) is 4.67. The quantitative estimate of drug-likeness (QED) is 0.702. The lowest BCUT2D eigenvalue weighted by molar-refractivity contribution is 0.103. The highest BCUT2D eigenvalue weighted by Gasteiger charge is 2.13. The van der Waals surface area contributed by atoms with Crippen LogP contribution in [0, 0.1) is 5.82 Å². The normalized spacial score (nSPS) is 12.2. The van der Waals surface area contributed by atoms with Crippen LogP contribution < -0.4 is 0 Å². The highest BCUT2D eigenvalue weighted by molar-refractivity contribution is 6.09. The van der Waals surface area contributed by atoms with E-state index in [4.69, 9.17) is 0 Å². The fourth-order valence-corrected chi connectivity index (χ4v) is 2.36. The fraction of sp³-hybridized carbons (Fsp3) is 0.278. The summed E-state index contributed by atoms with van der Waals surface area (Å²) in [5.74, 6) is -0.253. The highest BCUT2D eigenvalue weighted by atomic mass is 19.1. The summed E-state index contributed by atoms with van der Waals surface area (Å²) >= 11 is 0. The molecule has 20 heavy (non-hydrogen) atoms. The first kappa shape index (κ1) is 14.4. The van der Waals surface area contributed by atoms with Crippen molar-refractivity contribution in [2.45, 2.75) is 32.6 Å². The molecule has 0 radical (unpaired) electrons. The van der Waals surface area contributed by atoms with E-state index in [2.05, 4.69) is 13.8 Å². The minimum atomic E-state index is -0.471. The van der Waals surface area contributed by atoms with E-state index < -0.39 is 5.82 Å². The SMILES string of the molecule is CCCC(C)c1ccc(C(=O)c2ccccc2F)cc1. The molecule has 0 aliphatic carbocycles. The molecule has 2 aromatic carbocycles. The summed E-state index contributed by atoms with van der Waals surface area (Å²) in [6.45, 7) is 4.34. The molecule has 0 heterocycles. The Morgan fingerprint density at radius 3 is 2.35 bits per heavy atom. The second kappa shape index (κ2) is 6.47. The Morgan fingerprint density at radius 1 is 1.10 bits per heavy atom. The molecule has 0 aromatic heterocycles. The first-order valence-electron chi connectivity index (χ1n) is 7.02. The maximum atomic E-state index is 13.6. The smallest absolute Gasteiger partial charge is 0.195 e. The van der Waals surface area contributed by atoms with Gasteiger partial charge in [-0.2, -0.15) is 0 Å². The van der Waals surface area contributed by atoms with Crippen molar-refractivity contribution in [2.24, 2.45) is 0 Å². The van der Waals surface area contributed by atoms with Gasteiger partial charge in [-0.15, -0.1) is 0 Å². The molecule has 0 aliphatic rings. The molecule has 0 spiro atoms. The van der Waals surface area contributed by atoms with Crippen LogP contribution in [0.25, 0.3) is 0 Å². The van der Waals surface area contributed by atoms with Crippen molar-refractivity contribution in [3.05, 3.63) is 71.0 Å². The summed E-state index contributed by atoms with van der Waals surface area (Å²) in [5, 5.41) is 0. The molecule has 0 aliphatic heterocycles. The maximum absolute atomic E-state index is 13.6. The van der Waals surface area contributed by atoms with E-state index in [1.807, 2.05) is 12.1 Å². The van der Waals surface area contributed by atoms with Gasteiger partial charge in [0.25, 0.3) is 0 Å². The van der Waals surface area contributed by atoms with E-state index in [1.54, 1.807) is 24.3 Å². The standard InChI is InChI=1S/C18H19FO/c1-3-6-13(2)14-9-11-15(12-10-14)18(20)16-7-4-5-8-17(16)19/h4-5,7-13H,3,6H2,1-2H3. The number of ketones is 1. The molecule has 1 unspecified atom stereocenters. The van der Waals surface area contributed by atoms with E-state index in [0.29, 0.717) is 11.5 Å². The van der Waals surface area contributed by atoms with Crippen LogP contribution in [-0.2, 0) is 0 Å². The highest BCUT2D eigenvalue weighted by Crippen LogP contribution is 2.22. The molecule has 0 saturated heterocycles. The van der Waals surface area contributed by atoms with Gasteiger partial charge in [0.1, 0.15) is 5.82 Å². The molecule has 2 aromatic rings. The van der Waals surface area contributed by atoms with Crippen LogP contribution in [0.1, 0.15) is 54.1 Å². The van der Waals surface area contributed by atoms with Crippen LogP contribution in [0.4, 0.5) is 4.39 Å². The lowest BCUT2D eigenvalue weighted by atomic mass is 9.94. The van der Waals surface area contributed by atoms with Crippen molar-refractivity contribution < 1.29 is 9.18 Å². The predicted octanol–water partition coefficient (Wildman–Crippen LogP) is 4.96. The van der Waals surface area contributed by atoms with Crippen molar-refractivity contribution in [3.8, 4) is 0 Å². The van der Waals surface area contributed by atoms with Crippen LogP contribution in [0.2, 0.25) is 0 Å². The van der Waals surface area contributed by atoms with Crippen LogP contribution in [-0.4, -0.2) is 5.78 Å². The Balaban J connectivity index is 2.22. The topological polar surface area (TPSA) is 17.1 Å². The molecule has 0 saturated carbocycles. The zero-order valence-corrected chi connectivity index (χ0v) is 11.9. The van der Waals surface area contributed by atoms with Crippen LogP contribution >= 0.6 is 0 Å². The first-order valence-corrected chi connectivity index (χ1v) is 7.02. The van der Waals surface area contributed by atoms with Crippen LogP contribution in [0.3, 0.4) is 0 Å². The molecule has 1 atom stereocenters. The molecule has 0 bridgehead atoms. The molecular formula is C18H19FO.